The van der Waals surface area contributed by atoms with Crippen LogP contribution in [0.4, 0.5) is 0 Å². The number of methoxy groups -OCH3 is 1. The normalized spacial score (nSPS) is 12.2. The number of ether oxygens (including phenoxy) is 2. The van der Waals surface area contributed by atoms with E-state index in [0.29, 0.717) is 6.61 Å². The molecule has 0 aromatic heterocycles. The Hall–Kier alpha value is -1.22. The fourth-order valence-corrected chi connectivity index (χ4v) is 1.72. The van der Waals surface area contributed by atoms with E-state index < -0.39 is 0 Å². The number of rotatable bonds is 7. The molecule has 1 rings (SSSR count). The summed E-state index contributed by atoms with van der Waals surface area (Å²) >= 11 is 0. The summed E-state index contributed by atoms with van der Waals surface area (Å²) in [5.41, 5.74) is 7.19. The predicted molar refractivity (Wildman–Crippen MR) is 70.6 cm³/mol. The summed E-state index contributed by atoms with van der Waals surface area (Å²) in [7, 11) is 1.66. The van der Waals surface area contributed by atoms with Crippen molar-refractivity contribution in [2.24, 2.45) is 5.73 Å². The van der Waals surface area contributed by atoms with E-state index in [1.807, 2.05) is 18.2 Å². The molecule has 1 unspecified atom stereocenters. The number of nitrogens with two attached hydrogens (primary N) is 1. The van der Waals surface area contributed by atoms with E-state index in [1.54, 1.807) is 7.11 Å². The van der Waals surface area contributed by atoms with Gasteiger partial charge in [-0.15, -0.1) is 0 Å². The second-order valence-electron chi connectivity index (χ2n) is 4.15. The molecule has 1 aromatic carbocycles. The molecular formula is C14H23NO2. The van der Waals surface area contributed by atoms with E-state index in [0.717, 1.165) is 36.3 Å². The smallest absolute Gasteiger partial charge is 0.161 e. The highest BCUT2D eigenvalue weighted by Gasteiger charge is 2.10. The third-order valence-corrected chi connectivity index (χ3v) is 2.68. The molecule has 0 heterocycles. The lowest BCUT2D eigenvalue weighted by Crippen LogP contribution is -2.10. The van der Waals surface area contributed by atoms with Gasteiger partial charge in [0.1, 0.15) is 0 Å². The van der Waals surface area contributed by atoms with Crippen LogP contribution in [0.15, 0.2) is 18.2 Å². The minimum atomic E-state index is 0.0779. The molecule has 0 radical (unpaired) electrons. The molecule has 0 bridgehead atoms. The topological polar surface area (TPSA) is 44.5 Å². The third-order valence-electron chi connectivity index (χ3n) is 2.68. The molecule has 0 saturated carbocycles. The van der Waals surface area contributed by atoms with Crippen LogP contribution in [-0.4, -0.2) is 13.7 Å². The molecule has 0 aliphatic heterocycles. The van der Waals surface area contributed by atoms with Crippen molar-refractivity contribution in [2.45, 2.75) is 39.2 Å². The Bertz CT molecular complexity index is 339. The van der Waals surface area contributed by atoms with Gasteiger partial charge < -0.3 is 15.2 Å². The first-order valence-corrected chi connectivity index (χ1v) is 6.29. The lowest BCUT2D eigenvalue weighted by atomic mass is 10.0. The van der Waals surface area contributed by atoms with Crippen LogP contribution in [0.2, 0.25) is 0 Å². The minimum Gasteiger partial charge on any atom is -0.493 e. The van der Waals surface area contributed by atoms with Gasteiger partial charge >= 0.3 is 0 Å². The summed E-state index contributed by atoms with van der Waals surface area (Å²) in [6, 6.07) is 6.02. The Kier molecular flexibility index (Phi) is 5.84. The molecule has 17 heavy (non-hydrogen) atoms. The van der Waals surface area contributed by atoms with Crippen LogP contribution >= 0.6 is 0 Å². The summed E-state index contributed by atoms with van der Waals surface area (Å²) in [6.07, 6.45) is 3.05. The van der Waals surface area contributed by atoms with E-state index in [4.69, 9.17) is 15.2 Å². The molecule has 96 valence electrons. The van der Waals surface area contributed by atoms with Gasteiger partial charge in [0.05, 0.1) is 13.7 Å². The summed E-state index contributed by atoms with van der Waals surface area (Å²) in [6.45, 7) is 4.92. The fourth-order valence-electron chi connectivity index (χ4n) is 1.72. The molecule has 3 nitrogen and oxygen atoms in total. The lowest BCUT2D eigenvalue weighted by Gasteiger charge is -2.15. The Morgan fingerprint density at radius 1 is 1.18 bits per heavy atom. The van der Waals surface area contributed by atoms with Crippen LogP contribution in [0.5, 0.6) is 11.5 Å². The monoisotopic (exact) mass is 237 g/mol. The van der Waals surface area contributed by atoms with Gasteiger partial charge in [-0.25, -0.2) is 0 Å². The highest BCUT2D eigenvalue weighted by Crippen LogP contribution is 2.30. The standard InChI is InChI=1S/C14H23NO2/c1-4-6-12(15)11-7-8-13(17-9-5-2)14(10-11)16-3/h7-8,10,12H,4-6,9,15H2,1-3H3. The third kappa shape index (κ3) is 3.93. The van der Waals surface area contributed by atoms with Crippen molar-refractivity contribution in [3.05, 3.63) is 23.8 Å². The van der Waals surface area contributed by atoms with Gasteiger partial charge in [0.15, 0.2) is 11.5 Å². The molecule has 0 aliphatic rings. The molecule has 0 saturated heterocycles. The van der Waals surface area contributed by atoms with Crippen molar-refractivity contribution in [1.82, 2.24) is 0 Å². The van der Waals surface area contributed by atoms with Crippen molar-refractivity contribution in [1.29, 1.82) is 0 Å². The highest BCUT2D eigenvalue weighted by molar-refractivity contribution is 5.43. The first-order valence-electron chi connectivity index (χ1n) is 6.29. The summed E-state index contributed by atoms with van der Waals surface area (Å²) in [5.74, 6) is 1.56. The summed E-state index contributed by atoms with van der Waals surface area (Å²) in [4.78, 5) is 0. The summed E-state index contributed by atoms with van der Waals surface area (Å²) in [5, 5.41) is 0. The van der Waals surface area contributed by atoms with Gasteiger partial charge in [0.2, 0.25) is 0 Å². The molecule has 0 spiro atoms. The van der Waals surface area contributed by atoms with Crippen LogP contribution in [0, 0.1) is 0 Å². The first kappa shape index (κ1) is 13.8. The van der Waals surface area contributed by atoms with E-state index in [-0.39, 0.29) is 6.04 Å². The Balaban J connectivity index is 2.83. The van der Waals surface area contributed by atoms with Crippen molar-refractivity contribution in [2.75, 3.05) is 13.7 Å². The Morgan fingerprint density at radius 3 is 2.53 bits per heavy atom. The van der Waals surface area contributed by atoms with Crippen molar-refractivity contribution >= 4 is 0 Å². The number of benzene rings is 1. The van der Waals surface area contributed by atoms with Gasteiger partial charge in [0, 0.05) is 6.04 Å². The highest BCUT2D eigenvalue weighted by atomic mass is 16.5. The lowest BCUT2D eigenvalue weighted by molar-refractivity contribution is 0.294. The average molecular weight is 237 g/mol. The molecule has 0 fully saturated rings. The van der Waals surface area contributed by atoms with Crippen molar-refractivity contribution in [3.8, 4) is 11.5 Å². The van der Waals surface area contributed by atoms with E-state index in [9.17, 15) is 0 Å². The SMILES string of the molecule is CCCOc1ccc(C(N)CCC)cc1OC. The first-order chi connectivity index (χ1) is 8.22. The van der Waals surface area contributed by atoms with Crippen LogP contribution < -0.4 is 15.2 Å². The number of hydrogen-bond acceptors (Lipinski definition) is 3. The van der Waals surface area contributed by atoms with Crippen LogP contribution in [-0.2, 0) is 0 Å². The maximum atomic E-state index is 6.08. The van der Waals surface area contributed by atoms with Gasteiger partial charge in [-0.05, 0) is 30.5 Å². The fraction of sp³-hybridized carbons (Fsp3) is 0.571. The Morgan fingerprint density at radius 2 is 1.94 bits per heavy atom. The predicted octanol–water partition coefficient (Wildman–Crippen LogP) is 3.28. The number of hydrogen-bond donors (Lipinski definition) is 1. The van der Waals surface area contributed by atoms with Gasteiger partial charge in [-0.1, -0.05) is 26.3 Å². The molecule has 0 amide bonds. The Labute approximate surface area is 104 Å². The van der Waals surface area contributed by atoms with Crippen LogP contribution in [0.3, 0.4) is 0 Å². The zero-order chi connectivity index (χ0) is 12.7. The maximum absolute atomic E-state index is 6.08. The van der Waals surface area contributed by atoms with Gasteiger partial charge in [-0.3, -0.25) is 0 Å². The zero-order valence-corrected chi connectivity index (χ0v) is 11.0. The van der Waals surface area contributed by atoms with Crippen LogP contribution in [0.25, 0.3) is 0 Å². The van der Waals surface area contributed by atoms with E-state index in [2.05, 4.69) is 13.8 Å². The average Bonchev–Trinajstić information content (AvgIpc) is 2.36. The molecule has 0 aliphatic carbocycles. The minimum absolute atomic E-state index is 0.0779. The molecule has 2 N–H and O–H groups in total. The van der Waals surface area contributed by atoms with E-state index in [1.165, 1.54) is 0 Å². The molecule has 1 aromatic rings. The van der Waals surface area contributed by atoms with Crippen molar-refractivity contribution < 1.29 is 9.47 Å². The maximum Gasteiger partial charge on any atom is 0.161 e. The van der Waals surface area contributed by atoms with Crippen LogP contribution in [0.1, 0.15) is 44.7 Å². The molecule has 3 heteroatoms. The second kappa shape index (κ2) is 7.17. The largest absolute Gasteiger partial charge is 0.493 e. The second-order valence-corrected chi connectivity index (χ2v) is 4.15. The zero-order valence-electron chi connectivity index (χ0n) is 11.0. The van der Waals surface area contributed by atoms with Gasteiger partial charge in [0.25, 0.3) is 0 Å². The molecular weight excluding hydrogens is 214 g/mol. The quantitative estimate of drug-likeness (QED) is 0.791. The summed E-state index contributed by atoms with van der Waals surface area (Å²) < 4.78 is 10.9. The van der Waals surface area contributed by atoms with E-state index >= 15 is 0 Å². The van der Waals surface area contributed by atoms with Crippen molar-refractivity contribution in [3.63, 3.8) is 0 Å². The molecule has 1 atom stereocenters. The van der Waals surface area contributed by atoms with Gasteiger partial charge in [-0.2, -0.15) is 0 Å².